The highest BCUT2D eigenvalue weighted by atomic mass is 13.9. The molecule has 0 spiro atoms. The number of hydrogen-bond acceptors (Lipinski definition) is 0. The van der Waals surface area contributed by atoms with Gasteiger partial charge in [0.2, 0.25) is 0 Å². The molecule has 0 rings (SSSR count). The van der Waals surface area contributed by atoms with Crippen LogP contribution >= 0.6 is 0 Å². The summed E-state index contributed by atoms with van der Waals surface area (Å²) in [4.78, 5) is 0. The normalized spacial score (nSPS) is 12.4. The van der Waals surface area contributed by atoms with Crippen LogP contribution in [0.3, 0.4) is 0 Å². The van der Waals surface area contributed by atoms with Gasteiger partial charge in [-0.15, -0.1) is 0 Å². The summed E-state index contributed by atoms with van der Waals surface area (Å²) < 4.78 is 0. The molecule has 0 nitrogen and oxygen atoms in total. The van der Waals surface area contributed by atoms with Crippen molar-refractivity contribution in [2.45, 2.75) is 26.7 Å². The van der Waals surface area contributed by atoms with E-state index in [4.69, 9.17) is 0 Å². The van der Waals surface area contributed by atoms with Crippen LogP contribution in [0.5, 0.6) is 0 Å². The predicted molar refractivity (Wildman–Crippen MR) is 48.0 cm³/mol. The van der Waals surface area contributed by atoms with Crippen molar-refractivity contribution in [2.75, 3.05) is 0 Å². The average Bonchev–Trinajstić information content (AvgIpc) is 1.98. The molecule has 0 aliphatic heterocycles. The summed E-state index contributed by atoms with van der Waals surface area (Å²) in [5.74, 6) is 0. The summed E-state index contributed by atoms with van der Waals surface area (Å²) in [6.07, 6.45) is 10.4. The zero-order valence-corrected chi connectivity index (χ0v) is 6.93. The molecule has 56 valence electrons. The Morgan fingerprint density at radius 2 is 2.20 bits per heavy atom. The topological polar surface area (TPSA) is 0 Å². The molecule has 10 heavy (non-hydrogen) atoms. The maximum atomic E-state index is 3.73. The van der Waals surface area contributed by atoms with E-state index >= 15 is 0 Å². The third-order valence-electron chi connectivity index (χ3n) is 1.30. The number of rotatable bonds is 4. The van der Waals surface area contributed by atoms with Gasteiger partial charge in [0.1, 0.15) is 0 Å². The summed E-state index contributed by atoms with van der Waals surface area (Å²) in [6.45, 7) is 7.92. The first-order valence-corrected chi connectivity index (χ1v) is 3.79. The van der Waals surface area contributed by atoms with Crippen molar-refractivity contribution in [3.8, 4) is 0 Å². The van der Waals surface area contributed by atoms with Crippen LogP contribution in [0.25, 0.3) is 0 Å². The minimum atomic E-state index is 1.13. The van der Waals surface area contributed by atoms with E-state index < -0.39 is 0 Å². The van der Waals surface area contributed by atoms with Gasteiger partial charge in [0.05, 0.1) is 0 Å². The third-order valence-corrected chi connectivity index (χ3v) is 1.30. The lowest BCUT2D eigenvalue weighted by molar-refractivity contribution is 0.927. The molecule has 0 fully saturated rings. The Kier molecular flexibility index (Phi) is 5.85. The van der Waals surface area contributed by atoms with Crippen molar-refractivity contribution >= 4 is 0 Å². The van der Waals surface area contributed by atoms with Crippen LogP contribution in [-0.4, -0.2) is 0 Å². The molecule has 0 aromatic rings. The Hall–Kier alpha value is -0.780. The Balaban J connectivity index is 3.90. The predicted octanol–water partition coefficient (Wildman–Crippen LogP) is 3.48. The van der Waals surface area contributed by atoms with Crippen LogP contribution in [0.4, 0.5) is 0 Å². The fourth-order valence-corrected chi connectivity index (χ4v) is 0.762. The van der Waals surface area contributed by atoms with Crippen LogP contribution in [0.15, 0.2) is 36.5 Å². The van der Waals surface area contributed by atoms with E-state index in [0.717, 1.165) is 6.42 Å². The lowest BCUT2D eigenvalue weighted by atomic mass is 10.1. The molecule has 0 unspecified atom stereocenters. The number of hydrogen-bond donors (Lipinski definition) is 0. The highest BCUT2D eigenvalue weighted by molar-refractivity contribution is 5.21. The van der Waals surface area contributed by atoms with Gasteiger partial charge in [0.25, 0.3) is 0 Å². The number of allylic oxidation sites excluding steroid dienone is 5. The van der Waals surface area contributed by atoms with Crippen molar-refractivity contribution in [1.82, 2.24) is 0 Å². The van der Waals surface area contributed by atoms with Crippen molar-refractivity contribution in [3.05, 3.63) is 36.5 Å². The van der Waals surface area contributed by atoms with Gasteiger partial charge < -0.3 is 0 Å². The molecule has 0 saturated carbocycles. The van der Waals surface area contributed by atoms with Gasteiger partial charge in [-0.25, -0.2) is 0 Å². The van der Waals surface area contributed by atoms with E-state index in [1.165, 1.54) is 12.0 Å². The maximum absolute atomic E-state index is 3.73. The fourth-order valence-electron chi connectivity index (χ4n) is 0.762. The second kappa shape index (κ2) is 6.34. The first kappa shape index (κ1) is 9.22. The van der Waals surface area contributed by atoms with Crippen molar-refractivity contribution < 1.29 is 0 Å². The first-order valence-electron chi connectivity index (χ1n) is 3.79. The van der Waals surface area contributed by atoms with Gasteiger partial charge >= 0.3 is 0 Å². The standard InChI is InChI=1S/C10H16/c1-4-7-9-10(6-3)8-5-2/h4,6-7,9H,3,5,8H2,1-2H3/b7-4?,10-9-. The van der Waals surface area contributed by atoms with E-state index in [2.05, 4.69) is 19.6 Å². The molecule has 0 saturated heterocycles. The SMILES string of the molecule is C=C/C(=C/C=CC)CCC. The molecule has 0 aromatic carbocycles. The van der Waals surface area contributed by atoms with Crippen LogP contribution in [0.1, 0.15) is 26.7 Å². The van der Waals surface area contributed by atoms with Gasteiger partial charge in [0.15, 0.2) is 0 Å². The second-order valence-electron chi connectivity index (χ2n) is 2.22. The highest BCUT2D eigenvalue weighted by Gasteiger charge is 1.84. The van der Waals surface area contributed by atoms with E-state index in [1.807, 2.05) is 25.2 Å². The van der Waals surface area contributed by atoms with Crippen molar-refractivity contribution in [1.29, 1.82) is 0 Å². The molecular weight excluding hydrogens is 120 g/mol. The molecule has 0 atom stereocenters. The van der Waals surface area contributed by atoms with Gasteiger partial charge in [-0.2, -0.15) is 0 Å². The Labute approximate surface area is 64.0 Å². The van der Waals surface area contributed by atoms with Gasteiger partial charge in [-0.05, 0) is 18.9 Å². The molecule has 0 bridgehead atoms. The van der Waals surface area contributed by atoms with E-state index in [-0.39, 0.29) is 0 Å². The average molecular weight is 136 g/mol. The lowest BCUT2D eigenvalue weighted by Gasteiger charge is -1.94. The Morgan fingerprint density at radius 1 is 1.50 bits per heavy atom. The summed E-state index contributed by atoms with van der Waals surface area (Å²) in [6, 6.07) is 0. The second-order valence-corrected chi connectivity index (χ2v) is 2.22. The zero-order valence-electron chi connectivity index (χ0n) is 6.93. The summed E-state index contributed by atoms with van der Waals surface area (Å²) in [5, 5.41) is 0. The summed E-state index contributed by atoms with van der Waals surface area (Å²) in [5.41, 5.74) is 1.32. The largest absolute Gasteiger partial charge is 0.0988 e. The van der Waals surface area contributed by atoms with Crippen LogP contribution in [-0.2, 0) is 0 Å². The van der Waals surface area contributed by atoms with E-state index in [1.54, 1.807) is 0 Å². The smallest absolute Gasteiger partial charge is 0.0282 e. The minimum Gasteiger partial charge on any atom is -0.0988 e. The first-order chi connectivity index (χ1) is 4.85. The highest BCUT2D eigenvalue weighted by Crippen LogP contribution is 2.04. The minimum absolute atomic E-state index is 1.13. The fraction of sp³-hybridized carbons (Fsp3) is 0.400. The molecule has 0 radical (unpaired) electrons. The van der Waals surface area contributed by atoms with E-state index in [9.17, 15) is 0 Å². The van der Waals surface area contributed by atoms with Gasteiger partial charge in [-0.3, -0.25) is 0 Å². The van der Waals surface area contributed by atoms with E-state index in [0.29, 0.717) is 0 Å². The molecule has 0 aliphatic rings. The molecule has 0 aliphatic carbocycles. The van der Waals surface area contributed by atoms with Gasteiger partial charge in [-0.1, -0.05) is 44.2 Å². The third kappa shape index (κ3) is 4.13. The Morgan fingerprint density at radius 3 is 2.60 bits per heavy atom. The quantitative estimate of drug-likeness (QED) is 0.519. The van der Waals surface area contributed by atoms with Crippen LogP contribution in [0.2, 0.25) is 0 Å². The maximum Gasteiger partial charge on any atom is -0.0282 e. The molecule has 0 aromatic heterocycles. The molecular formula is C10H16. The van der Waals surface area contributed by atoms with Crippen LogP contribution < -0.4 is 0 Å². The monoisotopic (exact) mass is 136 g/mol. The molecule has 0 heterocycles. The van der Waals surface area contributed by atoms with Crippen LogP contribution in [0, 0.1) is 0 Å². The zero-order chi connectivity index (χ0) is 7.82. The van der Waals surface area contributed by atoms with Crippen molar-refractivity contribution in [2.24, 2.45) is 0 Å². The molecule has 0 amide bonds. The van der Waals surface area contributed by atoms with Gasteiger partial charge in [0, 0.05) is 0 Å². The van der Waals surface area contributed by atoms with Crippen molar-refractivity contribution in [3.63, 3.8) is 0 Å². The molecule has 0 N–H and O–H groups in total. The Bertz CT molecular complexity index is 138. The summed E-state index contributed by atoms with van der Waals surface area (Å²) >= 11 is 0. The summed E-state index contributed by atoms with van der Waals surface area (Å²) in [7, 11) is 0. The lowest BCUT2D eigenvalue weighted by Crippen LogP contribution is -1.74. The molecule has 0 heteroatoms.